The third-order valence-electron chi connectivity index (χ3n) is 1.19. The molecule has 14 heavy (non-hydrogen) atoms. The zero-order chi connectivity index (χ0) is 10.9. The zero-order valence-corrected chi connectivity index (χ0v) is 10.6. The number of halogens is 6. The van der Waals surface area contributed by atoms with Crippen molar-refractivity contribution in [1.82, 2.24) is 0 Å². The number of rotatable bonds is 1. The average Bonchev–Trinajstić information content (AvgIpc) is 1.96. The highest BCUT2D eigenvalue weighted by atomic mass is 127. The first-order valence-electron chi connectivity index (χ1n) is 3.20. The van der Waals surface area contributed by atoms with E-state index in [1.54, 1.807) is 22.6 Å². The van der Waals surface area contributed by atoms with Crippen LogP contribution >= 0.6 is 45.2 Å². The highest BCUT2D eigenvalue weighted by Gasteiger charge is 2.32. The lowest BCUT2D eigenvalue weighted by molar-refractivity contribution is -0.275. The third kappa shape index (κ3) is 3.41. The minimum absolute atomic E-state index is 0.180. The first-order valence-corrected chi connectivity index (χ1v) is 5.35. The molecule has 7 heteroatoms. The molecule has 78 valence electrons. The highest BCUT2D eigenvalue weighted by molar-refractivity contribution is 14.1. The molecule has 0 spiro atoms. The molecule has 0 aliphatic rings. The van der Waals surface area contributed by atoms with Crippen LogP contribution in [0.15, 0.2) is 12.1 Å². The number of hydrogen-bond acceptors (Lipinski definition) is 1. The van der Waals surface area contributed by atoms with E-state index in [-0.39, 0.29) is 3.57 Å². The van der Waals surface area contributed by atoms with Gasteiger partial charge in [0.1, 0.15) is 11.6 Å². The molecule has 0 fully saturated rings. The second-order valence-electron chi connectivity index (χ2n) is 2.25. The summed E-state index contributed by atoms with van der Waals surface area (Å²) in [5, 5.41) is 0. The van der Waals surface area contributed by atoms with Crippen molar-refractivity contribution in [2.75, 3.05) is 0 Å². The molecule has 0 N–H and O–H groups in total. The molecule has 1 aromatic carbocycles. The van der Waals surface area contributed by atoms with Gasteiger partial charge in [-0.25, -0.2) is 4.39 Å². The van der Waals surface area contributed by atoms with Crippen molar-refractivity contribution in [3.8, 4) is 5.75 Å². The number of hydrogen-bond donors (Lipinski definition) is 0. The Labute approximate surface area is 104 Å². The lowest BCUT2D eigenvalue weighted by Gasteiger charge is -2.11. The van der Waals surface area contributed by atoms with Gasteiger partial charge >= 0.3 is 6.36 Å². The second kappa shape index (κ2) is 4.37. The largest absolute Gasteiger partial charge is 0.573 e. The number of benzene rings is 1. The van der Waals surface area contributed by atoms with Gasteiger partial charge in [0.15, 0.2) is 0 Å². The van der Waals surface area contributed by atoms with E-state index >= 15 is 0 Å². The molecule has 1 nitrogen and oxygen atoms in total. The number of ether oxygens (including phenoxy) is 1. The summed E-state index contributed by atoms with van der Waals surface area (Å²) in [4.78, 5) is 0. The van der Waals surface area contributed by atoms with E-state index in [4.69, 9.17) is 0 Å². The Kier molecular flexibility index (Phi) is 3.83. The van der Waals surface area contributed by atoms with E-state index in [9.17, 15) is 17.6 Å². The Balaban J connectivity index is 3.09. The predicted octanol–water partition coefficient (Wildman–Crippen LogP) is 3.93. The van der Waals surface area contributed by atoms with Crippen LogP contribution < -0.4 is 4.74 Å². The summed E-state index contributed by atoms with van der Waals surface area (Å²) in [7, 11) is 0. The quantitative estimate of drug-likeness (QED) is 0.372. The Hall–Kier alpha value is 0.200. The fourth-order valence-corrected chi connectivity index (χ4v) is 1.71. The van der Waals surface area contributed by atoms with Gasteiger partial charge in [0.05, 0.1) is 3.57 Å². The van der Waals surface area contributed by atoms with Gasteiger partial charge in [-0.05, 0) is 57.3 Å². The summed E-state index contributed by atoms with van der Waals surface area (Å²) in [5.41, 5.74) is 0. The van der Waals surface area contributed by atoms with Crippen LogP contribution in [0.2, 0.25) is 0 Å². The normalized spacial score (nSPS) is 11.6. The fourth-order valence-electron chi connectivity index (χ4n) is 0.731. The van der Waals surface area contributed by atoms with Gasteiger partial charge in [0.2, 0.25) is 0 Å². The SMILES string of the molecule is Fc1cc(I)cc(OC(F)(F)F)c1I. The first-order chi connectivity index (χ1) is 6.29. The van der Waals surface area contributed by atoms with Gasteiger partial charge in [-0.1, -0.05) is 0 Å². The molecule has 0 aliphatic carbocycles. The predicted molar refractivity (Wildman–Crippen MR) is 58.5 cm³/mol. The second-order valence-corrected chi connectivity index (χ2v) is 4.57. The molecule has 0 aromatic heterocycles. The van der Waals surface area contributed by atoms with Gasteiger partial charge < -0.3 is 4.74 Å². The van der Waals surface area contributed by atoms with Gasteiger partial charge in [-0.3, -0.25) is 0 Å². The maximum atomic E-state index is 13.0. The lowest BCUT2D eigenvalue weighted by Crippen LogP contribution is -2.18. The van der Waals surface area contributed by atoms with E-state index in [1.807, 2.05) is 0 Å². The third-order valence-corrected chi connectivity index (χ3v) is 2.85. The van der Waals surface area contributed by atoms with E-state index in [1.165, 1.54) is 22.6 Å². The van der Waals surface area contributed by atoms with E-state index < -0.39 is 17.9 Å². The molecular weight excluding hydrogens is 430 g/mol. The average molecular weight is 432 g/mol. The van der Waals surface area contributed by atoms with Crippen LogP contribution in [-0.4, -0.2) is 6.36 Å². The standard InChI is InChI=1S/C7H2F4I2O/c8-4-1-3(12)2-5(6(4)13)14-7(9,10)11/h1-2H. The molecule has 0 radical (unpaired) electrons. The minimum Gasteiger partial charge on any atom is -0.405 e. The van der Waals surface area contributed by atoms with Crippen LogP contribution in [-0.2, 0) is 0 Å². The van der Waals surface area contributed by atoms with Crippen LogP contribution in [0.5, 0.6) is 5.75 Å². The molecule has 0 aliphatic heterocycles. The summed E-state index contributed by atoms with van der Waals surface area (Å²) < 4.78 is 52.3. The fraction of sp³-hybridized carbons (Fsp3) is 0.143. The monoisotopic (exact) mass is 432 g/mol. The molecule has 0 heterocycles. The van der Waals surface area contributed by atoms with Crippen molar-refractivity contribution in [1.29, 1.82) is 0 Å². The Morgan fingerprint density at radius 2 is 1.71 bits per heavy atom. The summed E-state index contributed by atoms with van der Waals surface area (Å²) >= 11 is 3.17. The van der Waals surface area contributed by atoms with Crippen molar-refractivity contribution in [2.45, 2.75) is 6.36 Å². The summed E-state index contributed by atoms with van der Waals surface area (Å²) in [6.07, 6.45) is -4.79. The van der Waals surface area contributed by atoms with E-state index in [0.717, 1.165) is 12.1 Å². The molecule has 0 unspecified atom stereocenters. The van der Waals surface area contributed by atoms with Crippen LogP contribution in [0.1, 0.15) is 0 Å². The van der Waals surface area contributed by atoms with Gasteiger partial charge in [-0.15, -0.1) is 13.2 Å². The number of alkyl halides is 3. The molecule has 1 rings (SSSR count). The maximum Gasteiger partial charge on any atom is 0.573 e. The summed E-state index contributed by atoms with van der Waals surface area (Å²) in [6, 6.07) is 2.25. The van der Waals surface area contributed by atoms with Gasteiger partial charge in [0.25, 0.3) is 0 Å². The van der Waals surface area contributed by atoms with E-state index in [2.05, 4.69) is 4.74 Å². The molecule has 0 atom stereocenters. The molecule has 0 amide bonds. The van der Waals surface area contributed by atoms with Crippen molar-refractivity contribution in [3.63, 3.8) is 0 Å². The minimum atomic E-state index is -4.79. The molecule has 0 bridgehead atoms. The maximum absolute atomic E-state index is 13.0. The van der Waals surface area contributed by atoms with Crippen LogP contribution in [0.4, 0.5) is 17.6 Å². The molecular formula is C7H2F4I2O. The van der Waals surface area contributed by atoms with Crippen molar-refractivity contribution in [3.05, 3.63) is 25.1 Å². The Morgan fingerprint density at radius 1 is 1.14 bits per heavy atom. The first kappa shape index (κ1) is 12.3. The van der Waals surface area contributed by atoms with Crippen LogP contribution in [0, 0.1) is 13.0 Å². The van der Waals surface area contributed by atoms with Crippen molar-refractivity contribution in [2.24, 2.45) is 0 Å². The summed E-state index contributed by atoms with van der Waals surface area (Å²) in [6.45, 7) is 0. The van der Waals surface area contributed by atoms with Crippen molar-refractivity contribution >= 4 is 45.2 Å². The molecule has 0 saturated heterocycles. The Bertz CT molecular complexity index is 350. The summed E-state index contributed by atoms with van der Waals surface area (Å²) in [5.74, 6) is -1.24. The lowest BCUT2D eigenvalue weighted by atomic mass is 10.3. The van der Waals surface area contributed by atoms with Gasteiger partial charge in [-0.2, -0.15) is 0 Å². The van der Waals surface area contributed by atoms with Crippen LogP contribution in [0.3, 0.4) is 0 Å². The molecule has 0 saturated carbocycles. The van der Waals surface area contributed by atoms with Gasteiger partial charge in [0, 0.05) is 3.57 Å². The van der Waals surface area contributed by atoms with Crippen LogP contribution in [0.25, 0.3) is 0 Å². The smallest absolute Gasteiger partial charge is 0.405 e. The highest BCUT2D eigenvalue weighted by Crippen LogP contribution is 2.30. The topological polar surface area (TPSA) is 9.23 Å². The van der Waals surface area contributed by atoms with Crippen molar-refractivity contribution < 1.29 is 22.3 Å². The molecule has 1 aromatic rings. The Morgan fingerprint density at radius 3 is 2.21 bits per heavy atom. The zero-order valence-electron chi connectivity index (χ0n) is 6.33. The van der Waals surface area contributed by atoms with E-state index in [0.29, 0.717) is 3.57 Å².